The van der Waals surface area contributed by atoms with Gasteiger partial charge in [0.1, 0.15) is 0 Å². The lowest BCUT2D eigenvalue weighted by molar-refractivity contribution is 0.0929. The molecule has 0 fully saturated rings. The number of nitrogens with zero attached hydrogens (tertiary/aromatic N) is 4. The molecule has 0 bridgehead atoms. The molecule has 20 heavy (non-hydrogen) atoms. The number of amides is 1. The fraction of sp³-hybridized carbons (Fsp3) is 0.143. The molecule has 0 saturated heterocycles. The molecule has 6 heteroatoms. The molecule has 2 heterocycles. The first kappa shape index (κ1) is 12.3. The van der Waals surface area contributed by atoms with Gasteiger partial charge in [0, 0.05) is 12.4 Å². The molecule has 1 aromatic carbocycles. The van der Waals surface area contributed by atoms with E-state index in [0.29, 0.717) is 5.78 Å². The Kier molecular flexibility index (Phi) is 3.12. The number of fused-ring (bicyclic) bond motifs is 1. The molecule has 0 radical (unpaired) electrons. The number of hydrogen-bond donors (Lipinski definition) is 1. The van der Waals surface area contributed by atoms with Gasteiger partial charge in [0.05, 0.1) is 6.04 Å². The summed E-state index contributed by atoms with van der Waals surface area (Å²) in [7, 11) is 0. The molecule has 0 unspecified atom stereocenters. The Hall–Kier alpha value is -2.76. The molecule has 1 atom stereocenters. The molecular formula is C14H13N5O. The summed E-state index contributed by atoms with van der Waals surface area (Å²) in [4.78, 5) is 20.2. The molecular weight excluding hydrogens is 254 g/mol. The Bertz CT molecular complexity index is 704. The molecule has 0 aliphatic heterocycles. The van der Waals surface area contributed by atoms with Crippen LogP contribution in [0.15, 0.2) is 48.8 Å². The number of carbonyl (C=O) groups excluding carboxylic acids is 1. The van der Waals surface area contributed by atoms with Crippen LogP contribution in [0.25, 0.3) is 5.78 Å². The number of rotatable bonds is 3. The summed E-state index contributed by atoms with van der Waals surface area (Å²) >= 11 is 0. The summed E-state index contributed by atoms with van der Waals surface area (Å²) in [6, 6.07) is 11.4. The van der Waals surface area contributed by atoms with Crippen molar-refractivity contribution >= 4 is 11.7 Å². The summed E-state index contributed by atoms with van der Waals surface area (Å²) in [5.74, 6) is 0.211. The van der Waals surface area contributed by atoms with Crippen molar-refractivity contribution in [1.29, 1.82) is 0 Å². The van der Waals surface area contributed by atoms with Gasteiger partial charge in [-0.05, 0) is 18.6 Å². The fourth-order valence-corrected chi connectivity index (χ4v) is 1.92. The van der Waals surface area contributed by atoms with Gasteiger partial charge >= 0.3 is 0 Å². The molecule has 1 N–H and O–H groups in total. The molecule has 100 valence electrons. The standard InChI is InChI=1S/C14H13N5O/c1-10(11-6-3-2-4-7-11)16-13(20)12-17-14-15-8-5-9-19(14)18-12/h2-10H,1H3,(H,16,20)/t10-/m1/s1. The van der Waals surface area contributed by atoms with Crippen molar-refractivity contribution in [2.24, 2.45) is 0 Å². The highest BCUT2D eigenvalue weighted by Gasteiger charge is 2.16. The van der Waals surface area contributed by atoms with Crippen molar-refractivity contribution in [2.75, 3.05) is 0 Å². The largest absolute Gasteiger partial charge is 0.343 e. The van der Waals surface area contributed by atoms with Gasteiger partial charge in [-0.3, -0.25) is 4.79 Å². The number of benzene rings is 1. The van der Waals surface area contributed by atoms with Crippen molar-refractivity contribution in [3.8, 4) is 0 Å². The van der Waals surface area contributed by atoms with Crippen LogP contribution in [0.2, 0.25) is 0 Å². The van der Waals surface area contributed by atoms with E-state index >= 15 is 0 Å². The molecule has 3 rings (SSSR count). The van der Waals surface area contributed by atoms with E-state index in [9.17, 15) is 4.79 Å². The Labute approximate surface area is 115 Å². The summed E-state index contributed by atoms with van der Waals surface area (Å²) in [5, 5.41) is 6.96. The molecule has 0 aliphatic carbocycles. The Morgan fingerprint density at radius 1 is 1.25 bits per heavy atom. The van der Waals surface area contributed by atoms with Crippen LogP contribution in [0, 0.1) is 0 Å². The number of hydrogen-bond acceptors (Lipinski definition) is 4. The van der Waals surface area contributed by atoms with E-state index in [2.05, 4.69) is 20.4 Å². The van der Waals surface area contributed by atoms with Crippen molar-refractivity contribution in [1.82, 2.24) is 24.9 Å². The minimum atomic E-state index is -0.313. The fourth-order valence-electron chi connectivity index (χ4n) is 1.92. The first-order chi connectivity index (χ1) is 9.74. The molecule has 0 aliphatic rings. The maximum Gasteiger partial charge on any atom is 0.291 e. The maximum absolute atomic E-state index is 12.1. The first-order valence-electron chi connectivity index (χ1n) is 6.27. The molecule has 0 saturated carbocycles. The molecule has 1 amide bonds. The quantitative estimate of drug-likeness (QED) is 0.782. The van der Waals surface area contributed by atoms with Gasteiger partial charge in [-0.1, -0.05) is 30.3 Å². The third-order valence-corrected chi connectivity index (χ3v) is 2.97. The van der Waals surface area contributed by atoms with E-state index in [1.165, 1.54) is 4.52 Å². The van der Waals surface area contributed by atoms with E-state index in [0.717, 1.165) is 5.56 Å². The predicted octanol–water partition coefficient (Wildman–Crippen LogP) is 1.62. The van der Waals surface area contributed by atoms with Gasteiger partial charge in [0.25, 0.3) is 11.7 Å². The van der Waals surface area contributed by atoms with Gasteiger partial charge in [-0.2, -0.15) is 4.98 Å². The lowest BCUT2D eigenvalue weighted by atomic mass is 10.1. The smallest absolute Gasteiger partial charge is 0.291 e. The third-order valence-electron chi connectivity index (χ3n) is 2.97. The van der Waals surface area contributed by atoms with Gasteiger partial charge in [0.15, 0.2) is 0 Å². The van der Waals surface area contributed by atoms with Crippen LogP contribution in [0.4, 0.5) is 0 Å². The molecule has 0 spiro atoms. The van der Waals surface area contributed by atoms with Crippen LogP contribution in [0.5, 0.6) is 0 Å². The number of nitrogens with one attached hydrogen (secondary N) is 1. The van der Waals surface area contributed by atoms with E-state index in [1.807, 2.05) is 37.3 Å². The van der Waals surface area contributed by atoms with Crippen LogP contribution in [0.3, 0.4) is 0 Å². The van der Waals surface area contributed by atoms with Crippen molar-refractivity contribution in [3.05, 3.63) is 60.2 Å². The van der Waals surface area contributed by atoms with Gasteiger partial charge in [-0.15, -0.1) is 5.10 Å². The summed E-state index contributed by atoms with van der Waals surface area (Å²) < 4.78 is 1.47. The normalized spacial score (nSPS) is 12.2. The Morgan fingerprint density at radius 2 is 2.05 bits per heavy atom. The highest BCUT2D eigenvalue weighted by atomic mass is 16.2. The third kappa shape index (κ3) is 2.35. The first-order valence-corrected chi connectivity index (χ1v) is 6.27. The monoisotopic (exact) mass is 267 g/mol. The second kappa shape index (κ2) is 5.08. The minimum absolute atomic E-state index is 0.108. The van der Waals surface area contributed by atoms with Crippen LogP contribution in [0.1, 0.15) is 29.1 Å². The van der Waals surface area contributed by atoms with Gasteiger partial charge in [-0.25, -0.2) is 9.50 Å². The SMILES string of the molecule is C[C@@H](NC(=O)c1nc2ncccn2n1)c1ccccc1. The average Bonchev–Trinajstić information content (AvgIpc) is 2.92. The van der Waals surface area contributed by atoms with E-state index in [1.54, 1.807) is 18.5 Å². The van der Waals surface area contributed by atoms with Crippen molar-refractivity contribution < 1.29 is 4.79 Å². The van der Waals surface area contributed by atoms with E-state index in [-0.39, 0.29) is 17.8 Å². The van der Waals surface area contributed by atoms with Gasteiger partial charge < -0.3 is 5.32 Å². The molecule has 2 aromatic heterocycles. The van der Waals surface area contributed by atoms with E-state index < -0.39 is 0 Å². The van der Waals surface area contributed by atoms with Gasteiger partial charge in [0.2, 0.25) is 5.82 Å². The number of aromatic nitrogens is 4. The Balaban J connectivity index is 1.79. The van der Waals surface area contributed by atoms with E-state index in [4.69, 9.17) is 0 Å². The molecule has 6 nitrogen and oxygen atoms in total. The zero-order chi connectivity index (χ0) is 13.9. The van der Waals surface area contributed by atoms with Crippen molar-refractivity contribution in [2.45, 2.75) is 13.0 Å². The zero-order valence-electron chi connectivity index (χ0n) is 10.9. The maximum atomic E-state index is 12.1. The highest BCUT2D eigenvalue weighted by molar-refractivity contribution is 5.91. The second-order valence-electron chi connectivity index (χ2n) is 4.41. The van der Waals surface area contributed by atoms with Crippen LogP contribution < -0.4 is 5.32 Å². The highest BCUT2D eigenvalue weighted by Crippen LogP contribution is 2.11. The van der Waals surface area contributed by atoms with Crippen LogP contribution in [-0.4, -0.2) is 25.5 Å². The topological polar surface area (TPSA) is 72.2 Å². The predicted molar refractivity (Wildman–Crippen MR) is 73.1 cm³/mol. The summed E-state index contributed by atoms with van der Waals surface area (Å²) in [6.07, 6.45) is 3.31. The van der Waals surface area contributed by atoms with Crippen molar-refractivity contribution in [3.63, 3.8) is 0 Å². The Morgan fingerprint density at radius 3 is 2.80 bits per heavy atom. The van der Waals surface area contributed by atoms with Crippen LogP contribution >= 0.6 is 0 Å². The molecule has 3 aromatic rings. The lowest BCUT2D eigenvalue weighted by Crippen LogP contribution is -2.27. The zero-order valence-corrected chi connectivity index (χ0v) is 10.9. The lowest BCUT2D eigenvalue weighted by Gasteiger charge is -2.12. The van der Waals surface area contributed by atoms with Crippen LogP contribution in [-0.2, 0) is 0 Å². The number of carbonyl (C=O) groups is 1. The summed E-state index contributed by atoms with van der Waals surface area (Å²) in [6.45, 7) is 1.92. The average molecular weight is 267 g/mol. The minimum Gasteiger partial charge on any atom is -0.343 e. The summed E-state index contributed by atoms with van der Waals surface area (Å²) in [5.41, 5.74) is 1.03. The second-order valence-corrected chi connectivity index (χ2v) is 4.41.